The maximum atomic E-state index is 13.2. The van der Waals surface area contributed by atoms with Gasteiger partial charge in [-0.3, -0.25) is 14.2 Å². The van der Waals surface area contributed by atoms with Crippen molar-refractivity contribution in [1.29, 1.82) is 0 Å². The summed E-state index contributed by atoms with van der Waals surface area (Å²) >= 11 is 1.50. The highest BCUT2D eigenvalue weighted by Gasteiger charge is 2.29. The van der Waals surface area contributed by atoms with Crippen molar-refractivity contribution >= 4 is 28.7 Å². The Labute approximate surface area is 189 Å². The van der Waals surface area contributed by atoms with Gasteiger partial charge < -0.3 is 5.32 Å². The van der Waals surface area contributed by atoms with Crippen molar-refractivity contribution < 1.29 is 4.79 Å². The maximum Gasteiger partial charge on any atom is 0.265 e. The summed E-state index contributed by atoms with van der Waals surface area (Å²) in [6.45, 7) is 4.53. The van der Waals surface area contributed by atoms with E-state index in [2.05, 4.69) is 10.4 Å². The largest absolute Gasteiger partial charge is 0.352 e. The number of aryl methyl sites for hydroxylation is 2. The third-order valence-electron chi connectivity index (χ3n) is 5.68. The van der Waals surface area contributed by atoms with Crippen molar-refractivity contribution in [2.24, 2.45) is 0 Å². The maximum absolute atomic E-state index is 13.2. The van der Waals surface area contributed by atoms with Crippen LogP contribution >= 0.6 is 11.8 Å². The number of hydrogen-bond acceptors (Lipinski definition) is 5. The number of fused-ring (bicyclic) bond motifs is 2. The minimum atomic E-state index is -0.222. The van der Waals surface area contributed by atoms with E-state index in [1.54, 1.807) is 15.4 Å². The van der Waals surface area contributed by atoms with E-state index in [1.165, 1.54) is 17.3 Å². The van der Waals surface area contributed by atoms with Crippen LogP contribution in [0.1, 0.15) is 29.2 Å². The van der Waals surface area contributed by atoms with Crippen molar-refractivity contribution in [2.75, 3.05) is 5.75 Å². The fourth-order valence-corrected chi connectivity index (χ4v) is 4.98. The molecule has 0 bridgehead atoms. The zero-order valence-corrected chi connectivity index (χ0v) is 18.7. The SMILES string of the molecule is Cc1ccc(CNC(=O)CC2CSc3nc4c(cnn4-c4ccc(C)cc4)c(=O)n32)cc1. The van der Waals surface area contributed by atoms with E-state index in [4.69, 9.17) is 4.98 Å². The van der Waals surface area contributed by atoms with E-state index in [0.29, 0.717) is 28.5 Å². The van der Waals surface area contributed by atoms with Crippen LogP contribution < -0.4 is 10.9 Å². The van der Waals surface area contributed by atoms with E-state index in [-0.39, 0.29) is 23.9 Å². The van der Waals surface area contributed by atoms with E-state index < -0.39 is 0 Å². The van der Waals surface area contributed by atoms with Crippen molar-refractivity contribution in [2.45, 2.75) is 38.0 Å². The molecule has 1 aliphatic rings. The number of hydrogen-bond donors (Lipinski definition) is 1. The molecule has 32 heavy (non-hydrogen) atoms. The minimum absolute atomic E-state index is 0.0774. The fraction of sp³-hybridized carbons (Fsp3) is 0.250. The molecule has 2 aromatic carbocycles. The number of thioether (sulfide) groups is 1. The Morgan fingerprint density at radius 1 is 1.09 bits per heavy atom. The van der Waals surface area contributed by atoms with Crippen LogP contribution in [0.25, 0.3) is 16.7 Å². The van der Waals surface area contributed by atoms with Gasteiger partial charge in [0.25, 0.3) is 5.56 Å². The van der Waals surface area contributed by atoms with Gasteiger partial charge in [-0.15, -0.1) is 0 Å². The van der Waals surface area contributed by atoms with Crippen molar-refractivity contribution in [3.05, 3.63) is 81.8 Å². The third-order valence-corrected chi connectivity index (χ3v) is 6.78. The highest BCUT2D eigenvalue weighted by molar-refractivity contribution is 7.99. The molecule has 0 saturated heterocycles. The molecule has 4 aromatic rings. The van der Waals surface area contributed by atoms with Gasteiger partial charge in [0, 0.05) is 18.7 Å². The first-order valence-corrected chi connectivity index (χ1v) is 11.5. The fourth-order valence-electron chi connectivity index (χ4n) is 3.85. The molecule has 1 N–H and O–H groups in total. The molecule has 0 saturated carbocycles. The van der Waals surface area contributed by atoms with Crippen LogP contribution in [0, 0.1) is 13.8 Å². The van der Waals surface area contributed by atoms with Crippen LogP contribution in [0.5, 0.6) is 0 Å². The molecule has 162 valence electrons. The average Bonchev–Trinajstić information content (AvgIpc) is 3.39. The lowest BCUT2D eigenvalue weighted by molar-refractivity contribution is -0.121. The predicted molar refractivity (Wildman–Crippen MR) is 125 cm³/mol. The zero-order chi connectivity index (χ0) is 22.2. The topological polar surface area (TPSA) is 81.8 Å². The number of carbonyl (C=O) groups is 1. The molecule has 1 aliphatic heterocycles. The third kappa shape index (κ3) is 3.82. The summed E-state index contributed by atoms with van der Waals surface area (Å²) in [4.78, 5) is 30.5. The molecule has 1 unspecified atom stereocenters. The van der Waals surface area contributed by atoms with Crippen molar-refractivity contribution in [3.8, 4) is 5.69 Å². The second-order valence-corrected chi connectivity index (χ2v) is 9.12. The number of benzene rings is 2. The standard InChI is InChI=1S/C24H23N5O2S/c1-15-3-7-17(8-4-15)12-25-21(30)11-19-14-32-24-27-22-20(23(31)28(19)24)13-26-29(22)18-9-5-16(2)6-10-18/h3-10,13,19H,11-12,14H2,1-2H3,(H,25,30). The second-order valence-electron chi connectivity index (χ2n) is 8.13. The molecule has 0 radical (unpaired) electrons. The predicted octanol–water partition coefficient (Wildman–Crippen LogP) is 3.55. The lowest BCUT2D eigenvalue weighted by atomic mass is 10.1. The molecule has 2 aromatic heterocycles. The summed E-state index contributed by atoms with van der Waals surface area (Å²) in [7, 11) is 0. The quantitative estimate of drug-likeness (QED) is 0.475. The number of rotatable bonds is 5. The van der Waals surface area contributed by atoms with Gasteiger partial charge in [0.1, 0.15) is 5.39 Å². The number of carbonyl (C=O) groups excluding carboxylic acids is 1. The lowest BCUT2D eigenvalue weighted by Crippen LogP contribution is -2.30. The average molecular weight is 446 g/mol. The number of nitrogens with one attached hydrogen (secondary N) is 1. The van der Waals surface area contributed by atoms with Gasteiger partial charge in [-0.25, -0.2) is 9.67 Å². The first kappa shape index (κ1) is 20.5. The highest BCUT2D eigenvalue weighted by atomic mass is 32.2. The van der Waals surface area contributed by atoms with E-state index in [1.807, 2.05) is 62.4 Å². The summed E-state index contributed by atoms with van der Waals surface area (Å²) in [5.74, 6) is 0.566. The molecule has 0 aliphatic carbocycles. The van der Waals surface area contributed by atoms with Crippen LogP contribution in [0.2, 0.25) is 0 Å². The zero-order valence-electron chi connectivity index (χ0n) is 17.9. The van der Waals surface area contributed by atoms with Gasteiger partial charge in [0.2, 0.25) is 5.91 Å². The first-order valence-electron chi connectivity index (χ1n) is 10.5. The van der Waals surface area contributed by atoms with Crippen LogP contribution in [-0.2, 0) is 11.3 Å². The molecule has 1 atom stereocenters. The molecule has 8 heteroatoms. The minimum Gasteiger partial charge on any atom is -0.352 e. The molecular weight excluding hydrogens is 422 g/mol. The summed E-state index contributed by atoms with van der Waals surface area (Å²) < 4.78 is 3.35. The van der Waals surface area contributed by atoms with Crippen molar-refractivity contribution in [1.82, 2.24) is 24.6 Å². The van der Waals surface area contributed by atoms with Crippen LogP contribution in [0.4, 0.5) is 0 Å². The van der Waals surface area contributed by atoms with Crippen LogP contribution in [0.3, 0.4) is 0 Å². The monoisotopic (exact) mass is 445 g/mol. The van der Waals surface area contributed by atoms with Gasteiger partial charge in [-0.1, -0.05) is 59.3 Å². The molecular formula is C24H23N5O2S. The Balaban J connectivity index is 1.37. The smallest absolute Gasteiger partial charge is 0.265 e. The Morgan fingerprint density at radius 3 is 2.50 bits per heavy atom. The number of aromatic nitrogens is 4. The van der Waals surface area contributed by atoms with Gasteiger partial charge in [0.15, 0.2) is 10.8 Å². The van der Waals surface area contributed by atoms with E-state index in [0.717, 1.165) is 16.8 Å². The van der Waals surface area contributed by atoms with E-state index in [9.17, 15) is 9.59 Å². The Bertz CT molecular complexity index is 1360. The van der Waals surface area contributed by atoms with Gasteiger partial charge in [-0.2, -0.15) is 5.10 Å². The summed E-state index contributed by atoms with van der Waals surface area (Å²) in [5.41, 5.74) is 4.64. The van der Waals surface area contributed by atoms with Gasteiger partial charge in [0.05, 0.1) is 17.9 Å². The van der Waals surface area contributed by atoms with E-state index >= 15 is 0 Å². The molecule has 5 rings (SSSR count). The first-order chi connectivity index (χ1) is 15.5. The van der Waals surface area contributed by atoms with Gasteiger partial charge in [-0.05, 0) is 31.5 Å². The van der Waals surface area contributed by atoms with Crippen molar-refractivity contribution in [3.63, 3.8) is 0 Å². The number of amides is 1. The van der Waals surface area contributed by atoms with Gasteiger partial charge >= 0.3 is 0 Å². The Kier molecular flexibility index (Phi) is 5.30. The Morgan fingerprint density at radius 2 is 1.78 bits per heavy atom. The molecule has 3 heterocycles. The summed E-state index contributed by atoms with van der Waals surface area (Å²) in [6, 6.07) is 15.8. The molecule has 1 amide bonds. The Hall–Kier alpha value is -3.39. The number of nitrogens with zero attached hydrogens (tertiary/aromatic N) is 4. The summed E-state index contributed by atoms with van der Waals surface area (Å²) in [5, 5.41) is 8.46. The summed E-state index contributed by atoms with van der Waals surface area (Å²) in [6.07, 6.45) is 1.81. The highest BCUT2D eigenvalue weighted by Crippen LogP contribution is 2.33. The molecule has 0 fully saturated rings. The molecule has 0 spiro atoms. The second kappa shape index (κ2) is 8.27. The lowest BCUT2D eigenvalue weighted by Gasteiger charge is -2.13. The molecule has 7 nitrogen and oxygen atoms in total. The van der Waals surface area contributed by atoms with Crippen LogP contribution in [0.15, 0.2) is 64.7 Å². The normalized spacial score (nSPS) is 15.1. The van der Waals surface area contributed by atoms with Crippen LogP contribution in [-0.4, -0.2) is 31.0 Å².